The van der Waals surface area contributed by atoms with Crippen molar-refractivity contribution in [3.63, 3.8) is 0 Å². The van der Waals surface area contributed by atoms with Gasteiger partial charge in [-0.25, -0.2) is 4.39 Å². The van der Waals surface area contributed by atoms with E-state index in [1.54, 1.807) is 13.0 Å². The number of fused-ring (bicyclic) bond motifs is 1. The Balaban J connectivity index is 1.32. The molecule has 6 nitrogen and oxygen atoms in total. The third-order valence-electron chi connectivity index (χ3n) is 9.37. The molecule has 4 aliphatic rings. The Kier molecular flexibility index (Phi) is 7.36. The third kappa shape index (κ3) is 4.91. The number of benzene rings is 1. The van der Waals surface area contributed by atoms with Gasteiger partial charge >= 0.3 is 0 Å². The van der Waals surface area contributed by atoms with Crippen molar-refractivity contribution in [2.45, 2.75) is 109 Å². The number of anilines is 1. The second-order valence-electron chi connectivity index (χ2n) is 12.0. The first-order chi connectivity index (χ1) is 17.7. The van der Waals surface area contributed by atoms with Crippen LogP contribution in [0.2, 0.25) is 0 Å². The fourth-order valence-corrected chi connectivity index (χ4v) is 7.61. The number of rotatable bonds is 4. The molecular formula is C30H43FN4O2. The van der Waals surface area contributed by atoms with Gasteiger partial charge in [0.2, 0.25) is 11.8 Å². The van der Waals surface area contributed by atoms with Gasteiger partial charge in [-0.15, -0.1) is 0 Å². The van der Waals surface area contributed by atoms with E-state index in [0.29, 0.717) is 18.0 Å². The maximum atomic E-state index is 14.9. The van der Waals surface area contributed by atoms with Gasteiger partial charge in [-0.05, 0) is 77.3 Å². The zero-order chi connectivity index (χ0) is 26.3. The molecule has 0 aromatic heterocycles. The average molecular weight is 511 g/mol. The van der Waals surface area contributed by atoms with E-state index in [1.165, 1.54) is 6.07 Å². The van der Waals surface area contributed by atoms with Crippen LogP contribution >= 0.6 is 0 Å². The number of nitrogens with zero attached hydrogens (tertiary/aromatic N) is 2. The normalized spacial score (nSPS) is 34.1. The fraction of sp³-hybridized carbons (Fsp3) is 0.667. The maximum absolute atomic E-state index is 14.9. The van der Waals surface area contributed by atoms with E-state index in [4.69, 9.17) is 0 Å². The van der Waals surface area contributed by atoms with Crippen LogP contribution in [0.4, 0.5) is 10.1 Å². The number of amides is 2. The molecule has 2 N–H and O–H groups in total. The minimum Gasteiger partial charge on any atom is -0.370 e. The summed E-state index contributed by atoms with van der Waals surface area (Å²) in [5.74, 6) is -0.0403. The van der Waals surface area contributed by atoms with Crippen LogP contribution in [0.5, 0.6) is 0 Å². The van der Waals surface area contributed by atoms with E-state index in [2.05, 4.69) is 41.5 Å². The molecule has 0 radical (unpaired) electrons. The zero-order valence-electron chi connectivity index (χ0n) is 22.9. The number of hydrogen-bond acceptors (Lipinski definition) is 4. The summed E-state index contributed by atoms with van der Waals surface area (Å²) < 4.78 is 14.9. The van der Waals surface area contributed by atoms with Crippen molar-refractivity contribution >= 4 is 17.5 Å². The molecule has 0 bridgehead atoms. The van der Waals surface area contributed by atoms with E-state index in [0.717, 1.165) is 69.3 Å². The molecule has 5 rings (SSSR count). The standard InChI is InChI=1S/C30H43FN4O2/c1-19-13-14-27(31)26-16-30(33-28(19)26,23-9-6-5-7-10-23)29(37)32-24-11-8-12-25(15-24)34-17-20(2)35(22(4)36)21(3)18-34/h6,9,13-14,20-21,23-25,33H,5,7-8,10-12,15-18H2,1-4H3,(H,32,37)/t20-,21-,23+,24-,25?,30?/m1/s1. The zero-order valence-corrected chi connectivity index (χ0v) is 22.9. The first kappa shape index (κ1) is 26.2. The Morgan fingerprint density at radius 2 is 1.86 bits per heavy atom. The summed E-state index contributed by atoms with van der Waals surface area (Å²) in [6.07, 6.45) is 11.8. The van der Waals surface area contributed by atoms with Gasteiger partial charge in [0, 0.05) is 67.8 Å². The van der Waals surface area contributed by atoms with Crippen molar-refractivity contribution in [2.24, 2.45) is 5.92 Å². The number of carbonyl (C=O) groups excluding carboxylic acids is 2. The Morgan fingerprint density at radius 1 is 1.11 bits per heavy atom. The first-order valence-corrected chi connectivity index (χ1v) is 14.3. The number of allylic oxidation sites excluding steroid dienone is 1. The van der Waals surface area contributed by atoms with Crippen molar-refractivity contribution in [1.82, 2.24) is 15.1 Å². The Labute approximate surface area is 221 Å². The van der Waals surface area contributed by atoms with Crippen molar-refractivity contribution in [2.75, 3.05) is 18.4 Å². The molecule has 2 aliphatic carbocycles. The van der Waals surface area contributed by atoms with Crippen LogP contribution in [0.25, 0.3) is 0 Å². The second-order valence-corrected chi connectivity index (χ2v) is 12.0. The summed E-state index contributed by atoms with van der Waals surface area (Å²) in [6.45, 7) is 9.67. The molecule has 2 fully saturated rings. The highest BCUT2D eigenvalue weighted by Crippen LogP contribution is 2.44. The van der Waals surface area contributed by atoms with Crippen LogP contribution in [-0.4, -0.2) is 64.4 Å². The van der Waals surface area contributed by atoms with Crippen LogP contribution in [0, 0.1) is 18.7 Å². The van der Waals surface area contributed by atoms with Gasteiger partial charge in [0.15, 0.2) is 0 Å². The van der Waals surface area contributed by atoms with Crippen molar-refractivity contribution in [3.8, 4) is 0 Å². The van der Waals surface area contributed by atoms with Crippen LogP contribution in [-0.2, 0) is 16.0 Å². The topological polar surface area (TPSA) is 64.7 Å². The van der Waals surface area contributed by atoms with E-state index >= 15 is 0 Å². The lowest BCUT2D eigenvalue weighted by Crippen LogP contribution is -2.62. The second kappa shape index (κ2) is 10.4. The number of hydrogen-bond donors (Lipinski definition) is 2. The monoisotopic (exact) mass is 510 g/mol. The van der Waals surface area contributed by atoms with Crippen LogP contribution < -0.4 is 10.6 Å². The summed E-state index contributed by atoms with van der Waals surface area (Å²) in [6, 6.07) is 4.21. The lowest BCUT2D eigenvalue weighted by atomic mass is 9.75. The number of piperazine rings is 1. The first-order valence-electron chi connectivity index (χ1n) is 14.3. The largest absolute Gasteiger partial charge is 0.370 e. The average Bonchev–Trinajstić information content (AvgIpc) is 3.30. The quantitative estimate of drug-likeness (QED) is 0.583. The van der Waals surface area contributed by atoms with Crippen molar-refractivity contribution in [3.05, 3.63) is 41.2 Å². The lowest BCUT2D eigenvalue weighted by molar-refractivity contribution is -0.137. The third-order valence-corrected chi connectivity index (χ3v) is 9.37. The summed E-state index contributed by atoms with van der Waals surface area (Å²) in [4.78, 5) is 30.8. The van der Waals surface area contributed by atoms with Crippen molar-refractivity contribution in [1.29, 1.82) is 0 Å². The maximum Gasteiger partial charge on any atom is 0.246 e. The molecule has 2 unspecified atom stereocenters. The SMILES string of the molecule is CC(=O)N1[C@H](C)CN(C2CCC[C@@H](NC(=O)C3([C@H]4C=CCCC4)Cc4c(F)ccc(C)c4N3)C2)C[C@H]1C. The molecule has 202 valence electrons. The van der Waals surface area contributed by atoms with Gasteiger partial charge in [0.25, 0.3) is 0 Å². The van der Waals surface area contributed by atoms with Crippen LogP contribution in [0.3, 0.4) is 0 Å². The highest BCUT2D eigenvalue weighted by molar-refractivity contribution is 5.93. The molecule has 2 aliphatic heterocycles. The summed E-state index contributed by atoms with van der Waals surface area (Å²) >= 11 is 0. The molecule has 0 spiro atoms. The predicted octanol–water partition coefficient (Wildman–Crippen LogP) is 4.57. The Hall–Kier alpha value is -2.41. The van der Waals surface area contributed by atoms with E-state index in [9.17, 15) is 14.0 Å². The van der Waals surface area contributed by atoms with E-state index in [1.807, 2.05) is 11.8 Å². The van der Waals surface area contributed by atoms with E-state index in [-0.39, 0.29) is 41.7 Å². The number of nitrogens with one attached hydrogen (secondary N) is 2. The minimum absolute atomic E-state index is 0.00725. The molecule has 37 heavy (non-hydrogen) atoms. The molecule has 1 aromatic carbocycles. The number of halogens is 1. The highest BCUT2D eigenvalue weighted by atomic mass is 19.1. The van der Waals surface area contributed by atoms with Crippen LogP contribution in [0.15, 0.2) is 24.3 Å². The van der Waals surface area contributed by atoms with Crippen molar-refractivity contribution < 1.29 is 14.0 Å². The highest BCUT2D eigenvalue weighted by Gasteiger charge is 2.50. The molecule has 2 heterocycles. The molecule has 2 amide bonds. The van der Waals surface area contributed by atoms with Gasteiger partial charge in [-0.1, -0.05) is 18.2 Å². The summed E-state index contributed by atoms with van der Waals surface area (Å²) in [7, 11) is 0. The molecular weight excluding hydrogens is 467 g/mol. The molecule has 7 heteroatoms. The van der Waals surface area contributed by atoms with Gasteiger partial charge < -0.3 is 15.5 Å². The van der Waals surface area contributed by atoms with Gasteiger partial charge in [-0.3, -0.25) is 14.5 Å². The fourth-order valence-electron chi connectivity index (χ4n) is 7.61. The molecule has 1 aromatic rings. The number of carbonyl (C=O) groups is 2. The molecule has 6 atom stereocenters. The lowest BCUT2D eigenvalue weighted by Gasteiger charge is -2.48. The number of aryl methyl sites for hydroxylation is 1. The predicted molar refractivity (Wildman–Crippen MR) is 145 cm³/mol. The Morgan fingerprint density at radius 3 is 2.51 bits per heavy atom. The minimum atomic E-state index is -0.852. The van der Waals surface area contributed by atoms with Crippen LogP contribution in [0.1, 0.15) is 76.8 Å². The Bertz CT molecular complexity index is 1030. The summed E-state index contributed by atoms with van der Waals surface area (Å²) in [5.41, 5.74) is 1.57. The van der Waals surface area contributed by atoms with Gasteiger partial charge in [0.05, 0.1) is 0 Å². The summed E-state index contributed by atoms with van der Waals surface area (Å²) in [5, 5.41) is 7.01. The van der Waals surface area contributed by atoms with E-state index < -0.39 is 5.54 Å². The molecule has 1 saturated heterocycles. The van der Waals surface area contributed by atoms with Gasteiger partial charge in [0.1, 0.15) is 11.4 Å². The smallest absolute Gasteiger partial charge is 0.246 e. The van der Waals surface area contributed by atoms with Gasteiger partial charge in [-0.2, -0.15) is 0 Å². The molecule has 1 saturated carbocycles.